The molecule has 72 valence electrons. The number of hydroxylamine groups is 1. The minimum Gasteiger partial charge on any atom is -0.336 e. The average Bonchev–Trinajstić information content (AvgIpc) is 2.57. The predicted molar refractivity (Wildman–Crippen MR) is 51.6 cm³/mol. The van der Waals surface area contributed by atoms with Gasteiger partial charge in [0.1, 0.15) is 0 Å². The Balaban J connectivity index is 2.11. The van der Waals surface area contributed by atoms with Gasteiger partial charge in [0.2, 0.25) is 0 Å². The summed E-state index contributed by atoms with van der Waals surface area (Å²) in [5, 5.41) is 4.67. The number of hydrogen-bond donors (Lipinski definition) is 2. The summed E-state index contributed by atoms with van der Waals surface area (Å²) in [6.45, 7) is 0.621. The highest BCUT2D eigenvalue weighted by molar-refractivity contribution is 7.09. The van der Waals surface area contributed by atoms with E-state index < -0.39 is 0 Å². The molecule has 0 unspecified atom stereocenters. The maximum atomic E-state index is 10.8. The zero-order chi connectivity index (χ0) is 9.52. The van der Waals surface area contributed by atoms with Gasteiger partial charge in [0.05, 0.1) is 7.11 Å². The SMILES string of the molecule is CONC(=O)NCCc1cccs1. The highest BCUT2D eigenvalue weighted by atomic mass is 32.1. The van der Waals surface area contributed by atoms with Gasteiger partial charge in [-0.25, -0.2) is 10.3 Å². The van der Waals surface area contributed by atoms with E-state index >= 15 is 0 Å². The maximum Gasteiger partial charge on any atom is 0.338 e. The van der Waals surface area contributed by atoms with Crippen LogP contribution in [-0.2, 0) is 11.3 Å². The molecule has 4 nitrogen and oxygen atoms in total. The Morgan fingerprint density at radius 2 is 2.54 bits per heavy atom. The van der Waals surface area contributed by atoms with Crippen molar-refractivity contribution in [2.75, 3.05) is 13.7 Å². The first kappa shape index (κ1) is 10.0. The van der Waals surface area contributed by atoms with E-state index in [1.165, 1.54) is 12.0 Å². The molecular formula is C8H12N2O2S. The van der Waals surface area contributed by atoms with E-state index in [9.17, 15) is 4.79 Å². The number of amides is 2. The summed E-state index contributed by atoms with van der Waals surface area (Å²) in [4.78, 5) is 16.5. The second kappa shape index (κ2) is 5.55. The summed E-state index contributed by atoms with van der Waals surface area (Å²) < 4.78 is 0. The molecule has 1 aromatic heterocycles. The molecule has 0 radical (unpaired) electrons. The molecule has 2 N–H and O–H groups in total. The zero-order valence-electron chi connectivity index (χ0n) is 7.37. The number of nitrogens with one attached hydrogen (secondary N) is 2. The highest BCUT2D eigenvalue weighted by Crippen LogP contribution is 2.07. The fourth-order valence-corrected chi connectivity index (χ4v) is 1.59. The molecule has 1 aromatic rings. The lowest BCUT2D eigenvalue weighted by atomic mass is 10.3. The zero-order valence-corrected chi connectivity index (χ0v) is 8.19. The molecule has 2 amide bonds. The van der Waals surface area contributed by atoms with Gasteiger partial charge in [-0.2, -0.15) is 0 Å². The van der Waals surface area contributed by atoms with Gasteiger partial charge >= 0.3 is 6.03 Å². The highest BCUT2D eigenvalue weighted by Gasteiger charge is 1.98. The van der Waals surface area contributed by atoms with Crippen LogP contribution in [0.2, 0.25) is 0 Å². The number of carbonyl (C=O) groups is 1. The van der Waals surface area contributed by atoms with Crippen LogP contribution in [-0.4, -0.2) is 19.7 Å². The fourth-order valence-electron chi connectivity index (χ4n) is 0.883. The van der Waals surface area contributed by atoms with Crippen molar-refractivity contribution in [3.63, 3.8) is 0 Å². The van der Waals surface area contributed by atoms with Crippen molar-refractivity contribution in [2.24, 2.45) is 0 Å². The van der Waals surface area contributed by atoms with Gasteiger partial charge < -0.3 is 5.32 Å². The summed E-state index contributed by atoms with van der Waals surface area (Å²) in [7, 11) is 1.40. The van der Waals surface area contributed by atoms with Crippen LogP contribution in [0.15, 0.2) is 17.5 Å². The second-order valence-electron chi connectivity index (χ2n) is 2.39. The summed E-state index contributed by atoms with van der Waals surface area (Å²) in [6.07, 6.45) is 0.856. The Morgan fingerprint density at radius 3 is 3.15 bits per heavy atom. The van der Waals surface area contributed by atoms with Crippen LogP contribution in [0.4, 0.5) is 4.79 Å². The monoisotopic (exact) mass is 200 g/mol. The molecule has 0 fully saturated rings. The Bertz CT molecular complexity index is 249. The van der Waals surface area contributed by atoms with Gasteiger partial charge in [0, 0.05) is 11.4 Å². The van der Waals surface area contributed by atoms with Crippen LogP contribution in [0, 0.1) is 0 Å². The van der Waals surface area contributed by atoms with Crippen molar-refractivity contribution in [1.82, 2.24) is 10.8 Å². The first-order chi connectivity index (χ1) is 6.33. The normalized spacial score (nSPS) is 9.62. The average molecular weight is 200 g/mol. The van der Waals surface area contributed by atoms with E-state index in [1.54, 1.807) is 11.3 Å². The lowest BCUT2D eigenvalue weighted by molar-refractivity contribution is 0.107. The van der Waals surface area contributed by atoms with E-state index in [0.717, 1.165) is 6.42 Å². The van der Waals surface area contributed by atoms with E-state index in [-0.39, 0.29) is 6.03 Å². The summed E-state index contributed by atoms with van der Waals surface area (Å²) in [5.74, 6) is 0. The summed E-state index contributed by atoms with van der Waals surface area (Å²) >= 11 is 1.68. The molecule has 0 atom stereocenters. The first-order valence-electron chi connectivity index (χ1n) is 3.92. The molecule has 0 aliphatic heterocycles. The van der Waals surface area contributed by atoms with Gasteiger partial charge in [0.15, 0.2) is 0 Å². The van der Waals surface area contributed by atoms with E-state index in [2.05, 4.69) is 15.6 Å². The topological polar surface area (TPSA) is 50.4 Å². The van der Waals surface area contributed by atoms with E-state index in [1.807, 2.05) is 17.5 Å². The standard InChI is InChI=1S/C8H12N2O2S/c1-12-10-8(11)9-5-4-7-3-2-6-13-7/h2-3,6H,4-5H2,1H3,(H2,9,10,11). The summed E-state index contributed by atoms with van der Waals surface area (Å²) in [6, 6.07) is 3.73. The minimum atomic E-state index is -0.306. The molecule has 1 heterocycles. The Hall–Kier alpha value is -1.07. The van der Waals surface area contributed by atoms with Gasteiger partial charge in [-0.1, -0.05) is 6.07 Å². The lowest BCUT2D eigenvalue weighted by Gasteiger charge is -2.03. The molecular weight excluding hydrogens is 188 g/mol. The van der Waals surface area contributed by atoms with E-state index in [4.69, 9.17) is 0 Å². The van der Waals surface area contributed by atoms with Crippen molar-refractivity contribution in [2.45, 2.75) is 6.42 Å². The van der Waals surface area contributed by atoms with Gasteiger partial charge in [-0.3, -0.25) is 4.84 Å². The number of carbonyl (C=O) groups excluding carboxylic acids is 1. The van der Waals surface area contributed by atoms with Gasteiger partial charge in [-0.15, -0.1) is 11.3 Å². The van der Waals surface area contributed by atoms with Gasteiger partial charge in [-0.05, 0) is 17.9 Å². The van der Waals surface area contributed by atoms with Crippen molar-refractivity contribution in [3.05, 3.63) is 22.4 Å². The minimum absolute atomic E-state index is 0.306. The predicted octanol–water partition coefficient (Wildman–Crippen LogP) is 1.15. The Labute approximate surface area is 80.9 Å². The number of urea groups is 1. The van der Waals surface area contributed by atoms with Crippen LogP contribution in [0.5, 0.6) is 0 Å². The third-order valence-electron chi connectivity index (χ3n) is 1.43. The lowest BCUT2D eigenvalue weighted by Crippen LogP contribution is -2.35. The van der Waals surface area contributed by atoms with Crippen LogP contribution in [0.3, 0.4) is 0 Å². The molecule has 0 aromatic carbocycles. The largest absolute Gasteiger partial charge is 0.338 e. The third-order valence-corrected chi connectivity index (χ3v) is 2.37. The van der Waals surface area contributed by atoms with Crippen LogP contribution in [0.25, 0.3) is 0 Å². The molecule has 0 spiro atoms. The molecule has 5 heteroatoms. The molecule has 0 aliphatic carbocycles. The molecule has 1 rings (SSSR count). The van der Waals surface area contributed by atoms with Crippen molar-refractivity contribution in [3.8, 4) is 0 Å². The summed E-state index contributed by atoms with van der Waals surface area (Å²) in [5.41, 5.74) is 2.18. The Kier molecular flexibility index (Phi) is 4.28. The molecule has 0 saturated carbocycles. The first-order valence-corrected chi connectivity index (χ1v) is 4.80. The number of hydrogen-bond acceptors (Lipinski definition) is 3. The maximum absolute atomic E-state index is 10.8. The van der Waals surface area contributed by atoms with Crippen molar-refractivity contribution < 1.29 is 9.63 Å². The van der Waals surface area contributed by atoms with Crippen LogP contribution >= 0.6 is 11.3 Å². The molecule has 0 bridgehead atoms. The number of rotatable bonds is 4. The van der Waals surface area contributed by atoms with Crippen molar-refractivity contribution in [1.29, 1.82) is 0 Å². The van der Waals surface area contributed by atoms with Crippen molar-refractivity contribution >= 4 is 17.4 Å². The fraction of sp³-hybridized carbons (Fsp3) is 0.375. The van der Waals surface area contributed by atoms with Crippen LogP contribution in [0.1, 0.15) is 4.88 Å². The third kappa shape index (κ3) is 3.91. The van der Waals surface area contributed by atoms with E-state index in [0.29, 0.717) is 6.54 Å². The van der Waals surface area contributed by atoms with Gasteiger partial charge in [0.25, 0.3) is 0 Å². The quantitative estimate of drug-likeness (QED) is 0.716. The smallest absolute Gasteiger partial charge is 0.336 e. The Morgan fingerprint density at radius 1 is 1.69 bits per heavy atom. The molecule has 0 saturated heterocycles. The number of thiophene rings is 1. The van der Waals surface area contributed by atoms with Crippen LogP contribution < -0.4 is 10.8 Å². The molecule has 0 aliphatic rings. The second-order valence-corrected chi connectivity index (χ2v) is 3.42. The molecule has 13 heavy (non-hydrogen) atoms.